The fraction of sp³-hybridized carbons (Fsp3) is 0.304. The lowest BCUT2D eigenvalue weighted by Crippen LogP contribution is -2.51. The van der Waals surface area contributed by atoms with Crippen LogP contribution in [0.4, 0.5) is 0 Å². The van der Waals surface area contributed by atoms with Gasteiger partial charge in [0.2, 0.25) is 0 Å². The molecule has 1 aromatic heterocycles. The molecule has 0 amide bonds. The number of nitrogens with two attached hydrogens (primary N) is 1. The van der Waals surface area contributed by atoms with Crippen molar-refractivity contribution in [3.05, 3.63) is 66.5 Å². The van der Waals surface area contributed by atoms with Crippen LogP contribution in [-0.4, -0.2) is 28.0 Å². The molecule has 0 bridgehead atoms. The molecule has 2 atom stereocenters. The number of carbonyl (C=O) groups excluding carboxylic acids is 1. The molecule has 3 rings (SSSR count). The van der Waals surface area contributed by atoms with E-state index < -0.39 is 11.6 Å². The van der Waals surface area contributed by atoms with Crippen LogP contribution in [-0.2, 0) is 11.2 Å². The van der Waals surface area contributed by atoms with Crippen molar-refractivity contribution in [2.75, 3.05) is 0 Å². The van der Waals surface area contributed by atoms with Crippen molar-refractivity contribution in [1.29, 1.82) is 0 Å². The van der Waals surface area contributed by atoms with Crippen molar-refractivity contribution < 1.29 is 14.6 Å². The highest BCUT2D eigenvalue weighted by Gasteiger charge is 2.35. The Morgan fingerprint density at radius 2 is 1.82 bits per heavy atom. The summed E-state index contributed by atoms with van der Waals surface area (Å²) in [5, 5.41) is 12.9. The van der Waals surface area contributed by atoms with Gasteiger partial charge in [-0.1, -0.05) is 44.2 Å². The van der Waals surface area contributed by atoms with Crippen LogP contribution < -0.4 is 10.5 Å². The lowest BCUT2D eigenvalue weighted by Gasteiger charge is -2.29. The summed E-state index contributed by atoms with van der Waals surface area (Å²) >= 11 is 0. The maximum Gasteiger partial charge on any atom is 0.153 e. The number of hydrogen-bond acceptors (Lipinski definition) is 5. The number of ether oxygens (including phenoxy) is 1. The molecule has 0 radical (unpaired) electrons. The highest BCUT2D eigenvalue weighted by molar-refractivity contribution is 5.83. The summed E-state index contributed by atoms with van der Waals surface area (Å²) in [7, 11) is 0. The molecule has 0 fully saturated rings. The largest absolute Gasteiger partial charge is 0.457 e. The minimum Gasteiger partial charge on any atom is -0.457 e. The molecule has 2 aromatic carbocycles. The molecule has 28 heavy (non-hydrogen) atoms. The number of hydrogen-bond donors (Lipinski definition) is 2. The number of pyridine rings is 1. The SMILES string of the molecule is CC(C)CC(N)C(O)(C=O)Cc1cc(Oc2ccc3ccccc3c2)ccn1. The summed E-state index contributed by atoms with van der Waals surface area (Å²) in [6.07, 6.45) is 2.71. The second-order valence-electron chi connectivity index (χ2n) is 7.62. The number of aromatic nitrogens is 1. The second kappa shape index (κ2) is 8.50. The Bertz CT molecular complexity index is 957. The summed E-state index contributed by atoms with van der Waals surface area (Å²) in [6, 6.07) is 16.7. The Labute approximate surface area is 165 Å². The highest BCUT2D eigenvalue weighted by atomic mass is 16.5. The number of nitrogens with zero attached hydrogens (tertiary/aromatic N) is 1. The van der Waals surface area contributed by atoms with Gasteiger partial charge in [-0.05, 0) is 41.3 Å². The molecule has 0 spiro atoms. The minimum atomic E-state index is -1.65. The van der Waals surface area contributed by atoms with Crippen LogP contribution in [0.3, 0.4) is 0 Å². The molecule has 5 nitrogen and oxygen atoms in total. The van der Waals surface area contributed by atoms with Crippen LogP contribution in [0.2, 0.25) is 0 Å². The van der Waals surface area contributed by atoms with Gasteiger partial charge in [-0.3, -0.25) is 4.98 Å². The molecule has 0 aliphatic carbocycles. The highest BCUT2D eigenvalue weighted by Crippen LogP contribution is 2.27. The molecule has 1 heterocycles. The third-order valence-corrected chi connectivity index (χ3v) is 4.78. The quantitative estimate of drug-likeness (QED) is 0.581. The number of aldehydes is 1. The molecule has 146 valence electrons. The number of fused-ring (bicyclic) bond motifs is 1. The first-order chi connectivity index (χ1) is 13.4. The van der Waals surface area contributed by atoms with Gasteiger partial charge in [0.15, 0.2) is 6.29 Å². The smallest absolute Gasteiger partial charge is 0.153 e. The first-order valence-electron chi connectivity index (χ1n) is 9.45. The van der Waals surface area contributed by atoms with Gasteiger partial charge in [-0.25, -0.2) is 0 Å². The maximum absolute atomic E-state index is 11.6. The zero-order valence-electron chi connectivity index (χ0n) is 16.2. The molecule has 5 heteroatoms. The summed E-state index contributed by atoms with van der Waals surface area (Å²) in [5.74, 6) is 1.57. The Hall–Kier alpha value is -2.76. The van der Waals surface area contributed by atoms with Crippen LogP contribution in [0.15, 0.2) is 60.8 Å². The molecular formula is C23H26N2O3. The van der Waals surface area contributed by atoms with Crippen molar-refractivity contribution >= 4 is 17.1 Å². The average Bonchev–Trinajstić information content (AvgIpc) is 2.67. The van der Waals surface area contributed by atoms with Gasteiger partial charge in [0.1, 0.15) is 17.1 Å². The van der Waals surface area contributed by atoms with E-state index in [1.807, 2.05) is 56.3 Å². The van der Waals surface area contributed by atoms with E-state index in [0.29, 0.717) is 29.9 Å². The summed E-state index contributed by atoms with van der Waals surface area (Å²) in [4.78, 5) is 15.8. The molecule has 0 saturated carbocycles. The van der Waals surface area contributed by atoms with Crippen LogP contribution in [0.1, 0.15) is 26.0 Å². The van der Waals surface area contributed by atoms with Crippen LogP contribution >= 0.6 is 0 Å². The summed E-state index contributed by atoms with van der Waals surface area (Å²) < 4.78 is 5.96. The Morgan fingerprint density at radius 3 is 2.54 bits per heavy atom. The van der Waals surface area contributed by atoms with Gasteiger partial charge in [0.05, 0.1) is 0 Å². The van der Waals surface area contributed by atoms with E-state index >= 15 is 0 Å². The topological polar surface area (TPSA) is 85.4 Å². The molecule has 0 saturated heterocycles. The Balaban J connectivity index is 1.78. The van der Waals surface area contributed by atoms with Gasteiger partial charge >= 0.3 is 0 Å². The van der Waals surface area contributed by atoms with Gasteiger partial charge in [0, 0.05) is 30.4 Å². The molecular weight excluding hydrogens is 352 g/mol. The normalized spacial score (nSPS) is 14.6. The zero-order chi connectivity index (χ0) is 20.1. The van der Waals surface area contributed by atoms with Gasteiger partial charge in [-0.2, -0.15) is 0 Å². The Morgan fingerprint density at radius 1 is 1.11 bits per heavy atom. The van der Waals surface area contributed by atoms with E-state index in [1.54, 1.807) is 18.3 Å². The van der Waals surface area contributed by atoms with Crippen molar-refractivity contribution in [1.82, 2.24) is 4.98 Å². The first kappa shape index (κ1) is 20.0. The summed E-state index contributed by atoms with van der Waals surface area (Å²) in [6.45, 7) is 4.00. The van der Waals surface area contributed by atoms with E-state index in [1.165, 1.54) is 0 Å². The van der Waals surface area contributed by atoms with E-state index in [9.17, 15) is 9.90 Å². The fourth-order valence-corrected chi connectivity index (χ4v) is 3.25. The number of rotatable bonds is 8. The number of benzene rings is 2. The molecule has 3 aromatic rings. The van der Waals surface area contributed by atoms with E-state index in [2.05, 4.69) is 4.98 Å². The molecule has 2 unspecified atom stereocenters. The van der Waals surface area contributed by atoms with Gasteiger partial charge in [-0.15, -0.1) is 0 Å². The van der Waals surface area contributed by atoms with Crippen LogP contribution in [0, 0.1) is 5.92 Å². The standard InChI is InChI=1S/C23H26N2O3/c1-16(2)11-22(24)23(27,15-26)14-19-13-21(9-10-25-19)28-20-8-7-17-5-3-4-6-18(17)12-20/h3-10,12-13,15-16,22,27H,11,14,24H2,1-2H3. The fourth-order valence-electron chi connectivity index (χ4n) is 3.25. The Kier molecular flexibility index (Phi) is 6.07. The zero-order valence-corrected chi connectivity index (χ0v) is 16.2. The second-order valence-corrected chi connectivity index (χ2v) is 7.62. The third kappa shape index (κ3) is 4.74. The minimum absolute atomic E-state index is 0.0410. The third-order valence-electron chi connectivity index (χ3n) is 4.78. The number of aliphatic hydroxyl groups is 1. The van der Waals surface area contributed by atoms with Crippen LogP contribution in [0.25, 0.3) is 10.8 Å². The molecule has 3 N–H and O–H groups in total. The molecule has 0 aliphatic rings. The maximum atomic E-state index is 11.6. The predicted molar refractivity (Wildman–Crippen MR) is 110 cm³/mol. The summed E-state index contributed by atoms with van der Waals surface area (Å²) in [5.41, 5.74) is 4.98. The number of carbonyl (C=O) groups is 1. The van der Waals surface area contributed by atoms with Crippen molar-refractivity contribution in [2.24, 2.45) is 11.7 Å². The van der Waals surface area contributed by atoms with E-state index in [-0.39, 0.29) is 12.3 Å². The van der Waals surface area contributed by atoms with Gasteiger partial charge in [0.25, 0.3) is 0 Å². The van der Waals surface area contributed by atoms with Gasteiger partial charge < -0.3 is 20.4 Å². The van der Waals surface area contributed by atoms with Crippen molar-refractivity contribution in [2.45, 2.75) is 38.3 Å². The monoisotopic (exact) mass is 378 g/mol. The van der Waals surface area contributed by atoms with Crippen molar-refractivity contribution in [3.8, 4) is 11.5 Å². The van der Waals surface area contributed by atoms with E-state index in [0.717, 1.165) is 10.8 Å². The van der Waals surface area contributed by atoms with Crippen molar-refractivity contribution in [3.63, 3.8) is 0 Å². The predicted octanol–water partition coefficient (Wildman–Crippen LogP) is 3.87. The lowest BCUT2D eigenvalue weighted by atomic mass is 9.86. The van der Waals surface area contributed by atoms with E-state index in [4.69, 9.17) is 10.5 Å². The lowest BCUT2D eigenvalue weighted by molar-refractivity contribution is -0.126. The van der Waals surface area contributed by atoms with Crippen LogP contribution in [0.5, 0.6) is 11.5 Å². The first-order valence-corrected chi connectivity index (χ1v) is 9.45. The average molecular weight is 378 g/mol. The molecule has 0 aliphatic heterocycles.